The highest BCUT2D eigenvalue weighted by atomic mass is 16.7. The van der Waals surface area contributed by atoms with Gasteiger partial charge in [-0.05, 0) is 13.3 Å². The van der Waals surface area contributed by atoms with Crippen molar-refractivity contribution in [3.05, 3.63) is 0 Å². The van der Waals surface area contributed by atoms with Crippen LogP contribution < -0.4 is 0 Å². The molecular formula is C11H18O5. The van der Waals surface area contributed by atoms with Crippen molar-refractivity contribution < 1.29 is 24.4 Å². The minimum Gasteiger partial charge on any atom is -0.393 e. The fraction of sp³-hybridized carbons (Fsp3) is 1.00. The monoisotopic (exact) mass is 230 g/mol. The number of hydrogen-bond acceptors (Lipinski definition) is 5. The van der Waals surface area contributed by atoms with Crippen molar-refractivity contribution in [1.29, 1.82) is 0 Å². The highest BCUT2D eigenvalue weighted by Crippen LogP contribution is 2.59. The topological polar surface area (TPSA) is 71.5 Å². The zero-order valence-corrected chi connectivity index (χ0v) is 9.33. The first-order valence-electron chi connectivity index (χ1n) is 5.94. The summed E-state index contributed by atoms with van der Waals surface area (Å²) in [6.07, 6.45) is -0.240. The van der Waals surface area contributed by atoms with E-state index in [1.165, 1.54) is 0 Å². The third-order valence-electron chi connectivity index (χ3n) is 4.15. The van der Waals surface area contributed by atoms with Crippen molar-refractivity contribution in [3.8, 4) is 0 Å². The van der Waals surface area contributed by atoms with E-state index in [2.05, 4.69) is 0 Å². The van der Waals surface area contributed by atoms with E-state index in [1.807, 2.05) is 6.92 Å². The normalized spacial score (nSPS) is 54.6. The van der Waals surface area contributed by atoms with Gasteiger partial charge >= 0.3 is 0 Å². The summed E-state index contributed by atoms with van der Waals surface area (Å²) in [5.74, 6) is 0.0994. The van der Waals surface area contributed by atoms with Gasteiger partial charge in [-0.25, -0.2) is 0 Å². The molecule has 2 aliphatic heterocycles. The van der Waals surface area contributed by atoms with E-state index >= 15 is 0 Å². The molecule has 0 bridgehead atoms. The third-order valence-corrected chi connectivity index (χ3v) is 4.15. The standard InChI is InChI=1S/C11H18O5/c1-2-14-10-7-6(3-4-15-10)8(13)9-11(7,5-12)16-9/h6-10,12-13H,2-5H2,1H3/t6-,7-,8+,9+,10-,11-/m1/s1. The molecule has 2 saturated heterocycles. The minimum atomic E-state index is -0.607. The maximum absolute atomic E-state index is 10.1. The molecule has 3 fully saturated rings. The molecule has 0 aromatic heterocycles. The van der Waals surface area contributed by atoms with Gasteiger partial charge in [-0.15, -0.1) is 0 Å². The van der Waals surface area contributed by atoms with E-state index in [0.717, 1.165) is 6.42 Å². The third kappa shape index (κ3) is 1.23. The predicted octanol–water partition coefficient (Wildman–Crippen LogP) is -0.494. The van der Waals surface area contributed by atoms with Gasteiger partial charge in [0, 0.05) is 18.4 Å². The first kappa shape index (κ1) is 10.9. The second-order valence-corrected chi connectivity index (χ2v) is 4.81. The molecule has 1 aliphatic carbocycles. The Kier molecular flexibility index (Phi) is 2.49. The lowest BCUT2D eigenvalue weighted by atomic mass is 9.83. The van der Waals surface area contributed by atoms with Crippen molar-refractivity contribution in [3.63, 3.8) is 0 Å². The molecular weight excluding hydrogens is 212 g/mol. The molecule has 0 unspecified atom stereocenters. The van der Waals surface area contributed by atoms with Gasteiger partial charge < -0.3 is 24.4 Å². The number of fused-ring (bicyclic) bond motifs is 3. The summed E-state index contributed by atoms with van der Waals surface area (Å²) in [4.78, 5) is 0. The van der Waals surface area contributed by atoms with Gasteiger partial charge in [0.2, 0.25) is 0 Å². The Labute approximate surface area is 94.3 Å². The first-order chi connectivity index (χ1) is 7.74. The summed E-state index contributed by atoms with van der Waals surface area (Å²) in [7, 11) is 0. The predicted molar refractivity (Wildman–Crippen MR) is 53.7 cm³/mol. The van der Waals surface area contributed by atoms with Crippen molar-refractivity contribution in [1.82, 2.24) is 0 Å². The minimum absolute atomic E-state index is 0.0359. The van der Waals surface area contributed by atoms with E-state index in [1.54, 1.807) is 0 Å². The summed E-state index contributed by atoms with van der Waals surface area (Å²) in [5.41, 5.74) is -0.607. The maximum Gasteiger partial charge on any atom is 0.163 e. The van der Waals surface area contributed by atoms with Crippen LogP contribution in [0.25, 0.3) is 0 Å². The Balaban J connectivity index is 1.85. The molecule has 0 radical (unpaired) electrons. The van der Waals surface area contributed by atoms with Crippen molar-refractivity contribution >= 4 is 0 Å². The fourth-order valence-electron chi connectivity index (χ4n) is 3.38. The molecule has 1 saturated carbocycles. The van der Waals surface area contributed by atoms with E-state index in [0.29, 0.717) is 13.2 Å². The Morgan fingerprint density at radius 3 is 3.00 bits per heavy atom. The van der Waals surface area contributed by atoms with Crippen LogP contribution >= 0.6 is 0 Å². The lowest BCUT2D eigenvalue weighted by Gasteiger charge is -2.38. The van der Waals surface area contributed by atoms with Crippen molar-refractivity contribution in [2.45, 2.75) is 37.4 Å². The number of rotatable bonds is 3. The van der Waals surface area contributed by atoms with E-state index in [4.69, 9.17) is 14.2 Å². The molecule has 5 heteroatoms. The highest BCUT2D eigenvalue weighted by molar-refractivity contribution is 5.21. The van der Waals surface area contributed by atoms with Gasteiger partial charge in [-0.3, -0.25) is 0 Å². The Morgan fingerprint density at radius 1 is 1.50 bits per heavy atom. The molecule has 3 rings (SSSR count). The zero-order valence-electron chi connectivity index (χ0n) is 9.33. The van der Waals surface area contributed by atoms with Gasteiger partial charge in [0.1, 0.15) is 11.7 Å². The summed E-state index contributed by atoms with van der Waals surface area (Å²) in [5, 5.41) is 19.5. The number of hydrogen-bond donors (Lipinski definition) is 2. The van der Waals surface area contributed by atoms with E-state index in [-0.39, 0.29) is 30.8 Å². The van der Waals surface area contributed by atoms with Crippen LogP contribution in [0, 0.1) is 11.8 Å². The second kappa shape index (κ2) is 3.65. The Bertz CT molecular complexity index is 282. The number of ether oxygens (including phenoxy) is 3. The van der Waals surface area contributed by atoms with Crippen LogP contribution in [-0.2, 0) is 14.2 Å². The molecule has 2 heterocycles. The Morgan fingerprint density at radius 2 is 2.31 bits per heavy atom. The summed E-state index contributed by atoms with van der Waals surface area (Å²) >= 11 is 0. The number of epoxide rings is 1. The van der Waals surface area contributed by atoms with Crippen molar-refractivity contribution in [2.24, 2.45) is 11.8 Å². The highest BCUT2D eigenvalue weighted by Gasteiger charge is 2.75. The molecule has 0 aromatic carbocycles. The van der Waals surface area contributed by atoms with Crippen LogP contribution in [0.4, 0.5) is 0 Å². The van der Waals surface area contributed by atoms with Crippen LogP contribution in [0.2, 0.25) is 0 Å². The molecule has 2 N–H and O–H groups in total. The summed E-state index contributed by atoms with van der Waals surface area (Å²) in [6, 6.07) is 0. The van der Waals surface area contributed by atoms with Crippen molar-refractivity contribution in [2.75, 3.05) is 19.8 Å². The molecule has 0 amide bonds. The van der Waals surface area contributed by atoms with Gasteiger partial charge in [0.05, 0.1) is 19.3 Å². The van der Waals surface area contributed by atoms with E-state index in [9.17, 15) is 10.2 Å². The number of aliphatic hydroxyl groups excluding tert-OH is 2. The van der Waals surface area contributed by atoms with Gasteiger partial charge in [0.25, 0.3) is 0 Å². The van der Waals surface area contributed by atoms with E-state index < -0.39 is 11.7 Å². The van der Waals surface area contributed by atoms with Crippen LogP contribution in [0.1, 0.15) is 13.3 Å². The SMILES string of the molecule is CCO[C@@H]1OCC[C@H]2[C@H](O)[C@@H]3O[C@]3(CO)[C@@H]12. The average Bonchev–Trinajstić information content (AvgIpc) is 2.99. The molecule has 92 valence electrons. The molecule has 0 spiro atoms. The van der Waals surface area contributed by atoms with Crippen LogP contribution in [0.15, 0.2) is 0 Å². The van der Waals surface area contributed by atoms with Gasteiger partial charge in [-0.1, -0.05) is 0 Å². The Hall–Kier alpha value is -0.200. The zero-order chi connectivity index (χ0) is 11.3. The second-order valence-electron chi connectivity index (χ2n) is 4.81. The smallest absolute Gasteiger partial charge is 0.163 e. The lowest BCUT2D eigenvalue weighted by Crippen LogP contribution is -2.46. The fourth-order valence-corrected chi connectivity index (χ4v) is 3.38. The van der Waals surface area contributed by atoms with Crippen LogP contribution in [0.3, 0.4) is 0 Å². The van der Waals surface area contributed by atoms with Gasteiger partial charge in [0.15, 0.2) is 6.29 Å². The summed E-state index contributed by atoms with van der Waals surface area (Å²) in [6.45, 7) is 3.02. The molecule has 3 aliphatic rings. The van der Waals surface area contributed by atoms with Crippen LogP contribution in [-0.4, -0.2) is 54.1 Å². The largest absolute Gasteiger partial charge is 0.393 e. The summed E-state index contributed by atoms with van der Waals surface area (Å²) < 4.78 is 16.6. The van der Waals surface area contributed by atoms with Gasteiger partial charge in [-0.2, -0.15) is 0 Å². The quantitative estimate of drug-likeness (QED) is 0.640. The molecule has 5 nitrogen and oxygen atoms in total. The molecule has 16 heavy (non-hydrogen) atoms. The van der Waals surface area contributed by atoms with Crippen LogP contribution in [0.5, 0.6) is 0 Å². The number of aliphatic hydroxyl groups is 2. The average molecular weight is 230 g/mol. The molecule has 6 atom stereocenters. The molecule has 0 aromatic rings. The maximum atomic E-state index is 10.1. The first-order valence-corrected chi connectivity index (χ1v) is 5.94. The lowest BCUT2D eigenvalue weighted by molar-refractivity contribution is -0.228.